The summed E-state index contributed by atoms with van der Waals surface area (Å²) in [5.74, 6) is -0.202. The minimum atomic E-state index is -0.108. The normalized spacial score (nSPS) is 18.6. The van der Waals surface area contributed by atoms with E-state index < -0.39 is 0 Å². The number of carbonyl (C=O) groups excluding carboxylic acids is 2. The first-order valence-electron chi connectivity index (χ1n) is 8.33. The molecule has 1 saturated heterocycles. The van der Waals surface area contributed by atoms with Crippen molar-refractivity contribution in [2.75, 3.05) is 31.2 Å². The molecule has 0 N–H and O–H groups in total. The van der Waals surface area contributed by atoms with E-state index in [0.717, 1.165) is 11.3 Å². The van der Waals surface area contributed by atoms with Crippen molar-refractivity contribution in [3.05, 3.63) is 71.8 Å². The number of benzene rings is 2. The lowest BCUT2D eigenvalue weighted by atomic mass is 10.1. The molecule has 2 aliphatic heterocycles. The number of morpholine rings is 1. The number of hydrogen-bond acceptors (Lipinski definition) is 3. The van der Waals surface area contributed by atoms with Crippen molar-refractivity contribution in [2.45, 2.75) is 0 Å². The minimum Gasteiger partial charge on any atom is -0.378 e. The summed E-state index contributed by atoms with van der Waals surface area (Å²) in [6.45, 7) is 2.24. The lowest BCUT2D eigenvalue weighted by molar-refractivity contribution is -0.129. The van der Waals surface area contributed by atoms with E-state index in [4.69, 9.17) is 4.74 Å². The molecular formula is C20H18N2O3. The van der Waals surface area contributed by atoms with E-state index in [2.05, 4.69) is 0 Å². The number of carbonyl (C=O) groups is 2. The van der Waals surface area contributed by atoms with Crippen molar-refractivity contribution in [3.8, 4) is 0 Å². The number of fused-ring (bicyclic) bond motifs is 1. The molecule has 2 amide bonds. The van der Waals surface area contributed by atoms with Crippen LogP contribution in [-0.4, -0.2) is 43.0 Å². The number of para-hydroxylation sites is 1. The molecule has 0 aromatic heterocycles. The highest BCUT2D eigenvalue weighted by Gasteiger charge is 2.34. The number of hydrogen-bond donors (Lipinski definition) is 0. The van der Waals surface area contributed by atoms with Crippen LogP contribution in [0.3, 0.4) is 0 Å². The third-order valence-electron chi connectivity index (χ3n) is 4.47. The maximum Gasteiger partial charge on any atom is 0.263 e. The second-order valence-electron chi connectivity index (χ2n) is 5.99. The van der Waals surface area contributed by atoms with E-state index in [1.165, 1.54) is 0 Å². The van der Waals surface area contributed by atoms with Crippen LogP contribution in [-0.2, 0) is 9.53 Å². The molecule has 0 saturated carbocycles. The van der Waals surface area contributed by atoms with Crippen LogP contribution < -0.4 is 4.90 Å². The van der Waals surface area contributed by atoms with E-state index in [-0.39, 0.29) is 11.8 Å². The lowest BCUT2D eigenvalue weighted by Gasteiger charge is -2.26. The molecule has 0 unspecified atom stereocenters. The highest BCUT2D eigenvalue weighted by Crippen LogP contribution is 2.36. The van der Waals surface area contributed by atoms with Gasteiger partial charge in [-0.15, -0.1) is 0 Å². The first-order valence-corrected chi connectivity index (χ1v) is 8.33. The standard InChI is InChI=1S/C20H18N2O3/c23-19(21-10-12-25-13-11-21)14-18-16-8-4-5-9-17(16)20(24)22(18)15-6-2-1-3-7-15/h1-9,14H,10-13H2/b18-14+. The van der Waals surface area contributed by atoms with Gasteiger partial charge in [-0.05, 0) is 18.2 Å². The number of amides is 2. The average Bonchev–Trinajstić information content (AvgIpc) is 2.95. The van der Waals surface area contributed by atoms with Crippen molar-refractivity contribution >= 4 is 23.2 Å². The Balaban J connectivity index is 1.77. The topological polar surface area (TPSA) is 49.9 Å². The third kappa shape index (κ3) is 2.83. The van der Waals surface area contributed by atoms with Gasteiger partial charge >= 0.3 is 0 Å². The fraction of sp³-hybridized carbons (Fsp3) is 0.200. The second kappa shape index (κ2) is 6.53. The van der Waals surface area contributed by atoms with Crippen molar-refractivity contribution in [1.29, 1.82) is 0 Å². The third-order valence-corrected chi connectivity index (χ3v) is 4.47. The van der Waals surface area contributed by atoms with E-state index in [0.29, 0.717) is 37.6 Å². The van der Waals surface area contributed by atoms with Gasteiger partial charge in [0.1, 0.15) is 0 Å². The summed E-state index contributed by atoms with van der Waals surface area (Å²) in [6.07, 6.45) is 1.57. The van der Waals surface area contributed by atoms with Gasteiger partial charge in [0.25, 0.3) is 5.91 Å². The SMILES string of the molecule is O=C(/C=C1\c2ccccc2C(=O)N1c1ccccc1)N1CCOCC1. The lowest BCUT2D eigenvalue weighted by Crippen LogP contribution is -2.40. The number of rotatable bonds is 2. The van der Waals surface area contributed by atoms with Gasteiger partial charge in [0.15, 0.2) is 0 Å². The molecule has 2 aliphatic rings. The Bertz CT molecular complexity index is 839. The van der Waals surface area contributed by atoms with Gasteiger partial charge in [0.05, 0.1) is 18.9 Å². The molecule has 0 radical (unpaired) electrons. The van der Waals surface area contributed by atoms with Crippen LogP contribution in [0.5, 0.6) is 0 Å². The van der Waals surface area contributed by atoms with Gasteiger partial charge in [-0.25, -0.2) is 0 Å². The van der Waals surface area contributed by atoms with Crippen molar-refractivity contribution < 1.29 is 14.3 Å². The Labute approximate surface area is 146 Å². The highest BCUT2D eigenvalue weighted by molar-refractivity contribution is 6.24. The summed E-state index contributed by atoms with van der Waals surface area (Å²) in [6, 6.07) is 16.8. The fourth-order valence-corrected chi connectivity index (χ4v) is 3.21. The molecule has 1 fully saturated rings. The molecule has 5 nitrogen and oxygen atoms in total. The maximum absolute atomic E-state index is 12.9. The van der Waals surface area contributed by atoms with Crippen molar-refractivity contribution in [3.63, 3.8) is 0 Å². The quantitative estimate of drug-likeness (QED) is 0.793. The first kappa shape index (κ1) is 15.6. The van der Waals surface area contributed by atoms with Crippen LogP contribution in [0.4, 0.5) is 5.69 Å². The highest BCUT2D eigenvalue weighted by atomic mass is 16.5. The zero-order valence-corrected chi connectivity index (χ0v) is 13.7. The summed E-state index contributed by atoms with van der Waals surface area (Å²) in [5.41, 5.74) is 2.79. The van der Waals surface area contributed by atoms with Crippen LogP contribution >= 0.6 is 0 Å². The Hall–Kier alpha value is -2.92. The second-order valence-corrected chi connectivity index (χ2v) is 5.99. The molecule has 126 valence electrons. The van der Waals surface area contributed by atoms with Gasteiger partial charge in [-0.2, -0.15) is 0 Å². The van der Waals surface area contributed by atoms with Gasteiger partial charge in [0.2, 0.25) is 5.91 Å². The van der Waals surface area contributed by atoms with Crippen LogP contribution in [0.15, 0.2) is 60.7 Å². The Kier molecular flexibility index (Phi) is 4.07. The first-order chi connectivity index (χ1) is 12.3. The summed E-state index contributed by atoms with van der Waals surface area (Å²) in [7, 11) is 0. The molecule has 2 aromatic carbocycles. The van der Waals surface area contributed by atoms with Crippen LogP contribution in [0.1, 0.15) is 15.9 Å². The predicted octanol–water partition coefficient (Wildman–Crippen LogP) is 2.55. The molecule has 2 aromatic rings. The van der Waals surface area contributed by atoms with E-state index in [1.807, 2.05) is 48.5 Å². The summed E-state index contributed by atoms with van der Waals surface area (Å²) >= 11 is 0. The van der Waals surface area contributed by atoms with Gasteiger partial charge in [-0.1, -0.05) is 36.4 Å². The van der Waals surface area contributed by atoms with Gasteiger partial charge in [0, 0.05) is 36.0 Å². The monoisotopic (exact) mass is 334 g/mol. The molecule has 0 aliphatic carbocycles. The average molecular weight is 334 g/mol. The van der Waals surface area contributed by atoms with Gasteiger partial charge < -0.3 is 9.64 Å². The zero-order valence-electron chi connectivity index (χ0n) is 13.7. The van der Waals surface area contributed by atoms with Crippen LogP contribution in [0.2, 0.25) is 0 Å². The van der Waals surface area contributed by atoms with E-state index in [9.17, 15) is 9.59 Å². The van der Waals surface area contributed by atoms with E-state index in [1.54, 1.807) is 21.9 Å². The maximum atomic E-state index is 12.9. The van der Waals surface area contributed by atoms with Crippen molar-refractivity contribution in [2.24, 2.45) is 0 Å². The molecule has 0 atom stereocenters. The molecule has 4 rings (SSSR count). The number of anilines is 1. The molecular weight excluding hydrogens is 316 g/mol. The summed E-state index contributed by atoms with van der Waals surface area (Å²) in [5, 5.41) is 0. The Morgan fingerprint density at radius 3 is 2.28 bits per heavy atom. The Morgan fingerprint density at radius 2 is 1.56 bits per heavy atom. The molecule has 2 heterocycles. The Morgan fingerprint density at radius 1 is 0.920 bits per heavy atom. The smallest absolute Gasteiger partial charge is 0.263 e. The molecule has 5 heteroatoms. The molecule has 0 spiro atoms. The molecule has 0 bridgehead atoms. The summed E-state index contributed by atoms with van der Waals surface area (Å²) in [4.78, 5) is 29.0. The minimum absolute atomic E-state index is 0.0938. The number of nitrogens with zero attached hydrogens (tertiary/aromatic N) is 2. The zero-order chi connectivity index (χ0) is 17.2. The largest absolute Gasteiger partial charge is 0.378 e. The van der Waals surface area contributed by atoms with Gasteiger partial charge in [-0.3, -0.25) is 14.5 Å². The predicted molar refractivity (Wildman–Crippen MR) is 95.1 cm³/mol. The molecule has 25 heavy (non-hydrogen) atoms. The number of ether oxygens (including phenoxy) is 1. The fourth-order valence-electron chi connectivity index (χ4n) is 3.21. The van der Waals surface area contributed by atoms with Crippen LogP contribution in [0.25, 0.3) is 5.70 Å². The van der Waals surface area contributed by atoms with Crippen LogP contribution in [0, 0.1) is 0 Å². The van der Waals surface area contributed by atoms with E-state index >= 15 is 0 Å². The van der Waals surface area contributed by atoms with Crippen molar-refractivity contribution in [1.82, 2.24) is 4.90 Å². The summed E-state index contributed by atoms with van der Waals surface area (Å²) < 4.78 is 5.30.